The molecule has 0 aliphatic carbocycles. The van der Waals surface area contributed by atoms with Gasteiger partial charge in [-0.15, -0.1) is 0 Å². The number of carbonyl (C=O) groups excluding carboxylic acids is 2. The highest BCUT2D eigenvalue weighted by atomic mass is 16.2. The molecule has 1 aromatic carbocycles. The summed E-state index contributed by atoms with van der Waals surface area (Å²) < 4.78 is 0. The maximum atomic E-state index is 11.5. The minimum atomic E-state index is -0.421. The Bertz CT molecular complexity index is 376. The van der Waals surface area contributed by atoms with Crippen molar-refractivity contribution < 1.29 is 9.59 Å². The number of hydrogen-bond donors (Lipinski definition) is 2. The summed E-state index contributed by atoms with van der Waals surface area (Å²) in [5, 5.41) is 2.83. The van der Waals surface area contributed by atoms with E-state index in [4.69, 9.17) is 5.73 Å². The first-order chi connectivity index (χ1) is 8.13. The molecule has 1 unspecified atom stereocenters. The maximum absolute atomic E-state index is 11.5. The molecule has 4 nitrogen and oxygen atoms in total. The Morgan fingerprint density at radius 2 is 1.94 bits per heavy atom. The van der Waals surface area contributed by atoms with E-state index in [9.17, 15) is 9.59 Å². The fourth-order valence-corrected chi connectivity index (χ4v) is 1.63. The number of benzene rings is 1. The second-order valence-electron chi connectivity index (χ2n) is 3.95. The van der Waals surface area contributed by atoms with Crippen molar-refractivity contribution in [3.63, 3.8) is 0 Å². The molecule has 0 saturated heterocycles. The second kappa shape index (κ2) is 6.68. The summed E-state index contributed by atoms with van der Waals surface area (Å²) in [5.74, 6) is -0.474. The van der Waals surface area contributed by atoms with E-state index in [2.05, 4.69) is 5.32 Å². The smallest absolute Gasteiger partial charge is 0.220 e. The normalized spacial score (nSPS) is 11.8. The van der Waals surface area contributed by atoms with E-state index >= 15 is 0 Å². The van der Waals surface area contributed by atoms with Gasteiger partial charge in [-0.05, 0) is 12.0 Å². The quantitative estimate of drug-likeness (QED) is 0.783. The number of carbonyl (C=O) groups is 2. The molecule has 1 aromatic rings. The summed E-state index contributed by atoms with van der Waals surface area (Å²) in [6.45, 7) is 1.94. The van der Waals surface area contributed by atoms with Crippen molar-refractivity contribution in [2.75, 3.05) is 0 Å². The lowest BCUT2D eigenvalue weighted by atomic mass is 10.0. The van der Waals surface area contributed by atoms with Crippen molar-refractivity contribution >= 4 is 11.8 Å². The lowest BCUT2D eigenvalue weighted by Gasteiger charge is -2.17. The van der Waals surface area contributed by atoms with Gasteiger partial charge in [0.05, 0.1) is 12.5 Å². The maximum Gasteiger partial charge on any atom is 0.220 e. The van der Waals surface area contributed by atoms with Crippen molar-refractivity contribution in [1.82, 2.24) is 5.32 Å². The third-order valence-corrected chi connectivity index (χ3v) is 2.42. The van der Waals surface area contributed by atoms with Gasteiger partial charge in [0.25, 0.3) is 0 Å². The number of rotatable bonds is 6. The van der Waals surface area contributed by atoms with Crippen LogP contribution in [0.2, 0.25) is 0 Å². The van der Waals surface area contributed by atoms with Gasteiger partial charge in [-0.25, -0.2) is 0 Å². The Kier molecular flexibility index (Phi) is 5.20. The van der Waals surface area contributed by atoms with E-state index in [1.165, 1.54) is 0 Å². The molecule has 0 radical (unpaired) electrons. The number of primary amides is 1. The molecule has 3 N–H and O–H groups in total. The zero-order valence-corrected chi connectivity index (χ0v) is 9.98. The third-order valence-electron chi connectivity index (χ3n) is 2.42. The number of hydrogen-bond acceptors (Lipinski definition) is 2. The van der Waals surface area contributed by atoms with Crippen molar-refractivity contribution in [1.29, 1.82) is 0 Å². The topological polar surface area (TPSA) is 72.2 Å². The summed E-state index contributed by atoms with van der Waals surface area (Å²) in [6, 6.07) is 9.05. The van der Waals surface area contributed by atoms with Crippen LogP contribution in [0.3, 0.4) is 0 Å². The summed E-state index contributed by atoms with van der Waals surface area (Å²) >= 11 is 0. The van der Waals surface area contributed by atoms with Crippen LogP contribution in [0.25, 0.3) is 0 Å². The summed E-state index contributed by atoms with van der Waals surface area (Å²) in [6.07, 6.45) is 1.37. The SMILES string of the molecule is CCCC(=O)NC(CC(N)=O)c1ccccc1. The molecule has 17 heavy (non-hydrogen) atoms. The number of amides is 2. The first-order valence-corrected chi connectivity index (χ1v) is 5.76. The fraction of sp³-hybridized carbons (Fsp3) is 0.385. The van der Waals surface area contributed by atoms with Gasteiger partial charge in [0, 0.05) is 6.42 Å². The predicted octanol–water partition coefficient (Wildman–Crippen LogP) is 1.52. The van der Waals surface area contributed by atoms with Crippen LogP contribution in [0.5, 0.6) is 0 Å². The highest BCUT2D eigenvalue weighted by molar-refractivity contribution is 5.79. The van der Waals surface area contributed by atoms with Crippen LogP contribution in [0, 0.1) is 0 Å². The predicted molar refractivity (Wildman–Crippen MR) is 66.0 cm³/mol. The van der Waals surface area contributed by atoms with E-state index < -0.39 is 5.91 Å². The van der Waals surface area contributed by atoms with Crippen molar-refractivity contribution in [3.05, 3.63) is 35.9 Å². The zero-order chi connectivity index (χ0) is 12.7. The summed E-state index contributed by atoms with van der Waals surface area (Å²) in [5.41, 5.74) is 6.09. The fourth-order valence-electron chi connectivity index (χ4n) is 1.63. The average molecular weight is 234 g/mol. The van der Waals surface area contributed by atoms with Crippen molar-refractivity contribution in [3.8, 4) is 0 Å². The van der Waals surface area contributed by atoms with Crippen LogP contribution in [0.4, 0.5) is 0 Å². The van der Waals surface area contributed by atoms with Gasteiger partial charge >= 0.3 is 0 Å². The van der Waals surface area contributed by atoms with Gasteiger partial charge in [-0.1, -0.05) is 37.3 Å². The molecule has 0 saturated carbocycles. The van der Waals surface area contributed by atoms with Crippen molar-refractivity contribution in [2.24, 2.45) is 5.73 Å². The molecule has 1 atom stereocenters. The first-order valence-electron chi connectivity index (χ1n) is 5.76. The van der Waals surface area contributed by atoms with Gasteiger partial charge in [0.2, 0.25) is 11.8 Å². The zero-order valence-electron chi connectivity index (χ0n) is 9.98. The molecule has 0 aliphatic heterocycles. The van der Waals surface area contributed by atoms with Crippen LogP contribution in [0.1, 0.15) is 37.8 Å². The first kappa shape index (κ1) is 13.2. The molecule has 0 aliphatic rings. The largest absolute Gasteiger partial charge is 0.370 e. The molecule has 0 spiro atoms. The Morgan fingerprint density at radius 3 is 2.47 bits per heavy atom. The minimum Gasteiger partial charge on any atom is -0.370 e. The number of nitrogens with one attached hydrogen (secondary N) is 1. The van der Waals surface area contributed by atoms with Crippen LogP contribution < -0.4 is 11.1 Å². The molecule has 4 heteroatoms. The lowest BCUT2D eigenvalue weighted by molar-refractivity contribution is -0.122. The van der Waals surface area contributed by atoms with E-state index in [-0.39, 0.29) is 18.4 Å². The average Bonchev–Trinajstić information content (AvgIpc) is 2.29. The minimum absolute atomic E-state index is 0.0531. The van der Waals surface area contributed by atoms with E-state index in [1.54, 1.807) is 0 Å². The van der Waals surface area contributed by atoms with Crippen LogP contribution in [-0.4, -0.2) is 11.8 Å². The molecule has 0 fully saturated rings. The summed E-state index contributed by atoms with van der Waals surface area (Å²) in [7, 11) is 0. The highest BCUT2D eigenvalue weighted by Gasteiger charge is 2.16. The third kappa shape index (κ3) is 4.68. The molecular weight excluding hydrogens is 216 g/mol. The Morgan fingerprint density at radius 1 is 1.29 bits per heavy atom. The Balaban J connectivity index is 2.74. The Labute approximate surface area is 101 Å². The molecule has 0 bridgehead atoms. The van der Waals surface area contributed by atoms with Gasteiger partial charge < -0.3 is 11.1 Å². The van der Waals surface area contributed by atoms with Crippen LogP contribution >= 0.6 is 0 Å². The molecular formula is C13H18N2O2. The van der Waals surface area contributed by atoms with Crippen molar-refractivity contribution in [2.45, 2.75) is 32.2 Å². The standard InChI is InChI=1S/C13H18N2O2/c1-2-6-13(17)15-11(9-12(14)16)10-7-4-3-5-8-10/h3-5,7-8,11H,2,6,9H2,1H3,(H2,14,16)(H,15,17). The van der Waals surface area contributed by atoms with Gasteiger partial charge in [-0.2, -0.15) is 0 Å². The van der Waals surface area contributed by atoms with Gasteiger partial charge in [0.15, 0.2) is 0 Å². The van der Waals surface area contributed by atoms with Crippen LogP contribution in [-0.2, 0) is 9.59 Å². The van der Waals surface area contributed by atoms with Gasteiger partial charge in [-0.3, -0.25) is 9.59 Å². The molecule has 2 amide bonds. The lowest BCUT2D eigenvalue weighted by Crippen LogP contribution is -2.31. The van der Waals surface area contributed by atoms with E-state index in [0.29, 0.717) is 6.42 Å². The van der Waals surface area contributed by atoms with E-state index in [0.717, 1.165) is 12.0 Å². The van der Waals surface area contributed by atoms with E-state index in [1.807, 2.05) is 37.3 Å². The second-order valence-corrected chi connectivity index (χ2v) is 3.95. The molecule has 92 valence electrons. The number of nitrogens with two attached hydrogens (primary N) is 1. The molecule has 1 rings (SSSR count). The summed E-state index contributed by atoms with van der Waals surface area (Å²) in [4.78, 5) is 22.5. The highest BCUT2D eigenvalue weighted by Crippen LogP contribution is 2.16. The van der Waals surface area contributed by atoms with Gasteiger partial charge in [0.1, 0.15) is 0 Å². The monoisotopic (exact) mass is 234 g/mol. The van der Waals surface area contributed by atoms with Crippen LogP contribution in [0.15, 0.2) is 30.3 Å². The Hall–Kier alpha value is -1.84. The molecule has 0 aromatic heterocycles. The molecule has 0 heterocycles.